The van der Waals surface area contributed by atoms with Crippen molar-refractivity contribution in [2.45, 2.75) is 25.3 Å². The van der Waals surface area contributed by atoms with Crippen molar-refractivity contribution in [2.75, 3.05) is 0 Å². The molecule has 2 N–H and O–H groups in total. The smallest absolute Gasteiger partial charge is 0.210 e. The summed E-state index contributed by atoms with van der Waals surface area (Å²) in [4.78, 5) is 0. The molecule has 1 aromatic rings. The first-order valence-electron chi connectivity index (χ1n) is 4.39. The first kappa shape index (κ1) is 9.61. The van der Waals surface area contributed by atoms with Gasteiger partial charge in [0.25, 0.3) is 0 Å². The highest BCUT2D eigenvalue weighted by atomic mass is 16.8. The van der Waals surface area contributed by atoms with Crippen molar-refractivity contribution in [1.29, 1.82) is 0 Å². The van der Waals surface area contributed by atoms with Gasteiger partial charge in [-0.1, -0.05) is 30.3 Å². The molecular weight excluding hydrogens is 184 g/mol. The fraction of sp³-hybridized carbons (Fsp3) is 0.400. The zero-order valence-electron chi connectivity index (χ0n) is 7.75. The van der Waals surface area contributed by atoms with Gasteiger partial charge < -0.3 is 19.7 Å². The molecule has 4 heteroatoms. The lowest BCUT2D eigenvalue weighted by Gasteiger charge is -2.22. The second-order valence-electron chi connectivity index (χ2n) is 3.33. The summed E-state index contributed by atoms with van der Waals surface area (Å²) in [5.74, 6) is -1.07. The number of ether oxygens (including phenoxy) is 2. The molecule has 0 amide bonds. The van der Waals surface area contributed by atoms with E-state index in [2.05, 4.69) is 0 Å². The van der Waals surface area contributed by atoms with E-state index in [1.165, 1.54) is 0 Å². The van der Waals surface area contributed by atoms with E-state index in [0.29, 0.717) is 0 Å². The summed E-state index contributed by atoms with van der Waals surface area (Å²) >= 11 is 0. The number of aliphatic hydroxyl groups excluding tert-OH is 2. The van der Waals surface area contributed by atoms with E-state index in [4.69, 9.17) is 9.47 Å². The number of hydrogen-bond acceptors (Lipinski definition) is 4. The summed E-state index contributed by atoms with van der Waals surface area (Å²) in [6, 6.07) is 9.17. The van der Waals surface area contributed by atoms with Crippen LogP contribution in [-0.2, 0) is 15.3 Å². The molecular formula is C10H12O4. The predicted octanol–water partition coefficient (Wildman–Crippen LogP) is 0.543. The van der Waals surface area contributed by atoms with Crippen LogP contribution in [-0.4, -0.2) is 22.8 Å². The molecule has 2 atom stereocenters. The molecule has 2 rings (SSSR count). The molecule has 1 heterocycles. The van der Waals surface area contributed by atoms with Gasteiger partial charge in [-0.15, -0.1) is 0 Å². The standard InChI is InChI=1S/C10H12O4/c1-10(7-5-3-2-4-6-7)13-8(11)9(12)14-10/h2-6,8-9,11-12H,1H3/t8-,9-/m1/s1. The first-order valence-corrected chi connectivity index (χ1v) is 4.39. The summed E-state index contributed by atoms with van der Waals surface area (Å²) in [5, 5.41) is 18.4. The molecule has 0 spiro atoms. The minimum Gasteiger partial charge on any atom is -0.364 e. The normalized spacial score (nSPS) is 30.5. The number of aliphatic hydroxyl groups is 2. The van der Waals surface area contributed by atoms with Crippen LogP contribution in [0.4, 0.5) is 0 Å². The van der Waals surface area contributed by atoms with Gasteiger partial charge in [0.05, 0.1) is 0 Å². The molecule has 1 aromatic carbocycles. The molecule has 1 aliphatic rings. The molecule has 0 aliphatic carbocycles. The Bertz CT molecular complexity index is 301. The predicted molar refractivity (Wildman–Crippen MR) is 48.0 cm³/mol. The molecule has 0 aromatic heterocycles. The lowest BCUT2D eigenvalue weighted by Crippen LogP contribution is -2.23. The van der Waals surface area contributed by atoms with Crippen LogP contribution in [0.15, 0.2) is 30.3 Å². The molecule has 4 nitrogen and oxygen atoms in total. The molecule has 1 saturated heterocycles. The summed E-state index contributed by atoms with van der Waals surface area (Å²) in [6.07, 6.45) is -2.58. The Kier molecular flexibility index (Phi) is 2.28. The Labute approximate surface area is 81.7 Å². The first-order chi connectivity index (χ1) is 6.62. The minimum atomic E-state index is -1.29. The second-order valence-corrected chi connectivity index (χ2v) is 3.33. The maximum absolute atomic E-state index is 9.20. The summed E-state index contributed by atoms with van der Waals surface area (Å²) in [7, 11) is 0. The van der Waals surface area contributed by atoms with Crippen LogP contribution in [0.3, 0.4) is 0 Å². The van der Waals surface area contributed by atoms with Gasteiger partial charge in [-0.3, -0.25) is 0 Å². The number of hydrogen-bond donors (Lipinski definition) is 2. The van der Waals surface area contributed by atoms with Gasteiger partial charge in [-0.05, 0) is 6.92 Å². The quantitative estimate of drug-likeness (QED) is 0.688. The third-order valence-electron chi connectivity index (χ3n) is 2.23. The van der Waals surface area contributed by atoms with Crippen molar-refractivity contribution in [3.8, 4) is 0 Å². The highest BCUT2D eigenvalue weighted by Gasteiger charge is 2.44. The fourth-order valence-electron chi connectivity index (χ4n) is 1.48. The van der Waals surface area contributed by atoms with E-state index in [0.717, 1.165) is 5.56 Å². The Morgan fingerprint density at radius 2 is 1.57 bits per heavy atom. The zero-order chi connectivity index (χ0) is 10.2. The van der Waals surface area contributed by atoms with E-state index < -0.39 is 18.4 Å². The summed E-state index contributed by atoms with van der Waals surface area (Å²) < 4.78 is 10.3. The average molecular weight is 196 g/mol. The van der Waals surface area contributed by atoms with Gasteiger partial charge in [0.1, 0.15) is 0 Å². The van der Waals surface area contributed by atoms with Crippen LogP contribution in [0.1, 0.15) is 12.5 Å². The topological polar surface area (TPSA) is 58.9 Å². The van der Waals surface area contributed by atoms with E-state index >= 15 is 0 Å². The van der Waals surface area contributed by atoms with Crippen molar-refractivity contribution >= 4 is 0 Å². The van der Waals surface area contributed by atoms with E-state index in [-0.39, 0.29) is 0 Å². The maximum Gasteiger partial charge on any atom is 0.210 e. The SMILES string of the molecule is CC1(c2ccccc2)O[C@@H](O)[C@H](O)O1. The Morgan fingerprint density at radius 1 is 1.07 bits per heavy atom. The van der Waals surface area contributed by atoms with Gasteiger partial charge in [0, 0.05) is 5.56 Å². The average Bonchev–Trinajstić information content (AvgIpc) is 2.44. The zero-order valence-corrected chi connectivity index (χ0v) is 7.75. The highest BCUT2D eigenvalue weighted by Crippen LogP contribution is 2.35. The molecule has 0 radical (unpaired) electrons. The van der Waals surface area contributed by atoms with Crippen molar-refractivity contribution in [2.24, 2.45) is 0 Å². The molecule has 0 unspecified atom stereocenters. The number of rotatable bonds is 1. The Balaban J connectivity index is 2.27. The molecule has 0 saturated carbocycles. The van der Waals surface area contributed by atoms with E-state index in [1.807, 2.05) is 30.3 Å². The molecule has 76 valence electrons. The molecule has 1 aliphatic heterocycles. The monoisotopic (exact) mass is 196 g/mol. The van der Waals surface area contributed by atoms with Crippen LogP contribution in [0, 0.1) is 0 Å². The van der Waals surface area contributed by atoms with E-state index in [9.17, 15) is 10.2 Å². The van der Waals surface area contributed by atoms with Crippen LogP contribution in [0.25, 0.3) is 0 Å². The third-order valence-corrected chi connectivity index (χ3v) is 2.23. The van der Waals surface area contributed by atoms with Gasteiger partial charge in [-0.2, -0.15) is 0 Å². The lowest BCUT2D eigenvalue weighted by molar-refractivity contribution is -0.201. The van der Waals surface area contributed by atoms with Crippen molar-refractivity contribution in [1.82, 2.24) is 0 Å². The maximum atomic E-state index is 9.20. The molecule has 1 fully saturated rings. The van der Waals surface area contributed by atoms with Crippen molar-refractivity contribution in [3.63, 3.8) is 0 Å². The van der Waals surface area contributed by atoms with Gasteiger partial charge in [0.2, 0.25) is 12.6 Å². The summed E-state index contributed by atoms with van der Waals surface area (Å²) in [6.45, 7) is 1.65. The Hall–Kier alpha value is -0.940. The molecule has 14 heavy (non-hydrogen) atoms. The largest absolute Gasteiger partial charge is 0.364 e. The fourth-order valence-corrected chi connectivity index (χ4v) is 1.48. The molecule has 0 bridgehead atoms. The van der Waals surface area contributed by atoms with Crippen LogP contribution < -0.4 is 0 Å². The van der Waals surface area contributed by atoms with Gasteiger partial charge in [0.15, 0.2) is 5.79 Å². The highest BCUT2D eigenvalue weighted by molar-refractivity contribution is 5.20. The van der Waals surface area contributed by atoms with Crippen LogP contribution in [0.2, 0.25) is 0 Å². The third kappa shape index (κ3) is 1.53. The summed E-state index contributed by atoms with van der Waals surface area (Å²) in [5.41, 5.74) is 0.760. The number of benzene rings is 1. The van der Waals surface area contributed by atoms with Crippen molar-refractivity contribution in [3.05, 3.63) is 35.9 Å². The van der Waals surface area contributed by atoms with Gasteiger partial charge >= 0.3 is 0 Å². The van der Waals surface area contributed by atoms with Crippen molar-refractivity contribution < 1.29 is 19.7 Å². The van der Waals surface area contributed by atoms with Crippen LogP contribution in [0.5, 0.6) is 0 Å². The van der Waals surface area contributed by atoms with Gasteiger partial charge in [-0.25, -0.2) is 0 Å². The second kappa shape index (κ2) is 3.33. The van der Waals surface area contributed by atoms with Crippen LogP contribution >= 0.6 is 0 Å². The van der Waals surface area contributed by atoms with E-state index in [1.54, 1.807) is 6.92 Å². The minimum absolute atomic E-state index is 0.760. The lowest BCUT2D eigenvalue weighted by atomic mass is 10.1. The Morgan fingerprint density at radius 3 is 2.07 bits per heavy atom.